The normalized spacial score (nSPS) is 11.7. The van der Waals surface area contributed by atoms with Gasteiger partial charge in [-0.25, -0.2) is 8.42 Å². The maximum absolute atomic E-state index is 12.6. The Morgan fingerprint density at radius 2 is 2.05 bits per heavy atom. The van der Waals surface area contributed by atoms with Gasteiger partial charge < -0.3 is 9.84 Å². The van der Waals surface area contributed by atoms with E-state index in [-0.39, 0.29) is 16.5 Å². The quantitative estimate of drug-likeness (QED) is 0.825. The van der Waals surface area contributed by atoms with E-state index in [2.05, 4.69) is 0 Å². The molecule has 118 valence electrons. The second kappa shape index (κ2) is 7.11. The summed E-state index contributed by atoms with van der Waals surface area (Å²) in [6.07, 6.45) is 0.509. The number of sulfonamides is 1. The number of ether oxygens (including phenoxy) is 1. The van der Waals surface area contributed by atoms with Crippen LogP contribution >= 0.6 is 11.6 Å². The van der Waals surface area contributed by atoms with Gasteiger partial charge in [-0.2, -0.15) is 4.31 Å². The molecule has 0 aromatic heterocycles. The molecular formula is C13H18ClNO5S. The summed E-state index contributed by atoms with van der Waals surface area (Å²) < 4.78 is 31.1. The molecule has 6 nitrogen and oxygen atoms in total. The number of rotatable bonds is 7. The van der Waals surface area contributed by atoms with Gasteiger partial charge in [0.15, 0.2) is 0 Å². The smallest absolute Gasteiger partial charge is 0.318 e. The molecule has 0 heterocycles. The van der Waals surface area contributed by atoms with Crippen molar-refractivity contribution in [2.75, 3.05) is 20.2 Å². The van der Waals surface area contributed by atoms with Gasteiger partial charge in [-0.05, 0) is 31.0 Å². The molecule has 1 aromatic carbocycles. The van der Waals surface area contributed by atoms with E-state index in [1.807, 2.05) is 0 Å². The predicted octanol–water partition coefficient (Wildman–Crippen LogP) is 2.14. The van der Waals surface area contributed by atoms with E-state index in [4.69, 9.17) is 21.4 Å². The number of hydrogen-bond donors (Lipinski definition) is 1. The zero-order valence-electron chi connectivity index (χ0n) is 12.1. The van der Waals surface area contributed by atoms with Crippen LogP contribution in [-0.4, -0.2) is 44.0 Å². The van der Waals surface area contributed by atoms with Gasteiger partial charge in [0.25, 0.3) is 0 Å². The van der Waals surface area contributed by atoms with Gasteiger partial charge in [-0.15, -0.1) is 0 Å². The van der Waals surface area contributed by atoms with Crippen LogP contribution in [0.3, 0.4) is 0 Å². The third-order valence-corrected chi connectivity index (χ3v) is 5.13. The fourth-order valence-electron chi connectivity index (χ4n) is 1.89. The molecule has 0 fully saturated rings. The van der Waals surface area contributed by atoms with Crippen molar-refractivity contribution in [1.29, 1.82) is 0 Å². The zero-order chi connectivity index (χ0) is 16.2. The molecule has 0 amide bonds. The summed E-state index contributed by atoms with van der Waals surface area (Å²) in [5.74, 6) is -0.835. The number of carbonyl (C=O) groups is 1. The second-order valence-electron chi connectivity index (χ2n) is 4.48. The number of carboxylic acids is 1. The molecule has 0 aliphatic rings. The largest absolute Gasteiger partial charge is 0.495 e. The molecule has 1 N–H and O–H groups in total. The maximum atomic E-state index is 12.6. The minimum atomic E-state index is -3.92. The van der Waals surface area contributed by atoms with Crippen LogP contribution in [0.5, 0.6) is 5.75 Å². The lowest BCUT2D eigenvalue weighted by atomic mass is 10.2. The van der Waals surface area contributed by atoms with E-state index in [0.29, 0.717) is 17.7 Å². The van der Waals surface area contributed by atoms with Crippen LogP contribution in [0.1, 0.15) is 18.9 Å². The molecule has 0 aliphatic carbocycles. The topological polar surface area (TPSA) is 83.9 Å². The van der Waals surface area contributed by atoms with Crippen molar-refractivity contribution >= 4 is 27.6 Å². The first kappa shape index (κ1) is 17.7. The van der Waals surface area contributed by atoms with E-state index < -0.39 is 22.5 Å². The lowest BCUT2D eigenvalue weighted by molar-refractivity contribution is -0.137. The standard InChI is InChI=1S/C13H18ClNO5S/c1-4-5-15(8-13(16)17)21(18,19)12-7-10(14)11(20-3)6-9(12)2/h6-7H,4-5,8H2,1-3H3,(H,16,17). The zero-order valence-corrected chi connectivity index (χ0v) is 13.7. The predicted molar refractivity (Wildman–Crippen MR) is 79.4 cm³/mol. The van der Waals surface area contributed by atoms with Gasteiger partial charge >= 0.3 is 5.97 Å². The average molecular weight is 336 g/mol. The van der Waals surface area contributed by atoms with Gasteiger partial charge in [0.1, 0.15) is 12.3 Å². The molecule has 1 rings (SSSR count). The number of aliphatic carboxylic acids is 1. The number of aryl methyl sites for hydroxylation is 1. The lowest BCUT2D eigenvalue weighted by Crippen LogP contribution is -2.36. The highest BCUT2D eigenvalue weighted by Gasteiger charge is 2.28. The molecule has 0 saturated heterocycles. The van der Waals surface area contributed by atoms with Crippen LogP contribution in [0.15, 0.2) is 17.0 Å². The van der Waals surface area contributed by atoms with Crippen LogP contribution in [0, 0.1) is 6.92 Å². The minimum absolute atomic E-state index is 0.0111. The molecule has 0 radical (unpaired) electrons. The molecule has 0 spiro atoms. The Balaban J connectivity index is 3.34. The number of halogens is 1. The van der Waals surface area contributed by atoms with Crippen molar-refractivity contribution in [1.82, 2.24) is 4.31 Å². The summed E-state index contributed by atoms with van der Waals surface area (Å²) in [7, 11) is -2.49. The summed E-state index contributed by atoms with van der Waals surface area (Å²) in [6.45, 7) is 2.92. The second-order valence-corrected chi connectivity index (χ2v) is 6.80. The molecule has 0 aliphatic heterocycles. The third-order valence-electron chi connectivity index (χ3n) is 2.85. The Hall–Kier alpha value is -1.31. The van der Waals surface area contributed by atoms with Crippen molar-refractivity contribution < 1.29 is 23.1 Å². The molecular weight excluding hydrogens is 318 g/mol. The van der Waals surface area contributed by atoms with Gasteiger partial charge in [0.05, 0.1) is 17.0 Å². The van der Waals surface area contributed by atoms with Crippen LogP contribution < -0.4 is 4.74 Å². The van der Waals surface area contributed by atoms with Crippen molar-refractivity contribution in [3.8, 4) is 5.75 Å². The highest BCUT2D eigenvalue weighted by atomic mass is 35.5. The Kier molecular flexibility index (Phi) is 6.00. The number of hydrogen-bond acceptors (Lipinski definition) is 4. The van der Waals surface area contributed by atoms with E-state index in [9.17, 15) is 13.2 Å². The van der Waals surface area contributed by atoms with Crippen molar-refractivity contribution in [3.05, 3.63) is 22.7 Å². The fraction of sp³-hybridized carbons (Fsp3) is 0.462. The molecule has 0 atom stereocenters. The summed E-state index contributed by atoms with van der Waals surface area (Å²) in [5, 5.41) is 9.04. The van der Waals surface area contributed by atoms with Gasteiger partial charge in [-0.1, -0.05) is 18.5 Å². The van der Waals surface area contributed by atoms with Crippen molar-refractivity contribution in [2.45, 2.75) is 25.2 Å². The van der Waals surface area contributed by atoms with Crippen molar-refractivity contribution in [3.63, 3.8) is 0 Å². The van der Waals surface area contributed by atoms with Crippen LogP contribution in [0.4, 0.5) is 0 Å². The van der Waals surface area contributed by atoms with Gasteiger partial charge in [0, 0.05) is 6.54 Å². The van der Waals surface area contributed by atoms with E-state index >= 15 is 0 Å². The third kappa shape index (κ3) is 4.09. The van der Waals surface area contributed by atoms with Crippen molar-refractivity contribution in [2.24, 2.45) is 0 Å². The number of carboxylic acid groups (broad SMARTS) is 1. The molecule has 0 saturated carbocycles. The van der Waals surface area contributed by atoms with E-state index in [1.165, 1.54) is 19.2 Å². The SMILES string of the molecule is CCCN(CC(=O)O)S(=O)(=O)c1cc(Cl)c(OC)cc1C. The fourth-order valence-corrected chi connectivity index (χ4v) is 3.91. The summed E-state index contributed by atoms with van der Waals surface area (Å²) in [4.78, 5) is 10.9. The first-order chi connectivity index (χ1) is 9.73. The molecule has 21 heavy (non-hydrogen) atoms. The van der Waals surface area contributed by atoms with Crippen LogP contribution in [0.25, 0.3) is 0 Å². The lowest BCUT2D eigenvalue weighted by Gasteiger charge is -2.21. The Morgan fingerprint density at radius 3 is 2.52 bits per heavy atom. The monoisotopic (exact) mass is 335 g/mol. The Labute approximate surface area is 129 Å². The Bertz CT molecular complexity index is 630. The molecule has 0 bridgehead atoms. The maximum Gasteiger partial charge on any atom is 0.318 e. The molecule has 0 unspecified atom stereocenters. The van der Waals surface area contributed by atoms with Gasteiger partial charge in [0.2, 0.25) is 10.0 Å². The van der Waals surface area contributed by atoms with Gasteiger partial charge in [-0.3, -0.25) is 4.79 Å². The number of nitrogens with zero attached hydrogens (tertiary/aromatic N) is 1. The Morgan fingerprint density at radius 1 is 1.43 bits per heavy atom. The molecule has 1 aromatic rings. The first-order valence-corrected chi connectivity index (χ1v) is 8.11. The first-order valence-electron chi connectivity index (χ1n) is 6.30. The minimum Gasteiger partial charge on any atom is -0.495 e. The summed E-state index contributed by atoms with van der Waals surface area (Å²) in [6, 6.07) is 2.80. The summed E-state index contributed by atoms with van der Waals surface area (Å²) >= 11 is 5.97. The van der Waals surface area contributed by atoms with Crippen LogP contribution in [0.2, 0.25) is 5.02 Å². The summed E-state index contributed by atoms with van der Waals surface area (Å²) in [5.41, 5.74) is 0.447. The number of methoxy groups -OCH3 is 1. The highest BCUT2D eigenvalue weighted by molar-refractivity contribution is 7.89. The van der Waals surface area contributed by atoms with Crippen LogP contribution in [-0.2, 0) is 14.8 Å². The number of benzene rings is 1. The highest BCUT2D eigenvalue weighted by Crippen LogP contribution is 2.31. The molecule has 8 heteroatoms. The van der Waals surface area contributed by atoms with E-state index in [0.717, 1.165) is 4.31 Å². The average Bonchev–Trinajstić information content (AvgIpc) is 2.39. The van der Waals surface area contributed by atoms with E-state index in [1.54, 1.807) is 13.8 Å².